The summed E-state index contributed by atoms with van der Waals surface area (Å²) in [4.78, 5) is 12.5. The van der Waals surface area contributed by atoms with Gasteiger partial charge >= 0.3 is 0 Å². The molecule has 1 amide bonds. The van der Waals surface area contributed by atoms with Crippen molar-refractivity contribution in [2.75, 3.05) is 10.6 Å². The second kappa shape index (κ2) is 5.53. The zero-order chi connectivity index (χ0) is 16.6. The van der Waals surface area contributed by atoms with Crippen LogP contribution >= 0.6 is 0 Å². The third-order valence-corrected chi connectivity index (χ3v) is 4.28. The zero-order valence-corrected chi connectivity index (χ0v) is 13.4. The van der Waals surface area contributed by atoms with Crippen LogP contribution in [0.25, 0.3) is 11.3 Å². The third-order valence-electron chi connectivity index (χ3n) is 4.28. The van der Waals surface area contributed by atoms with Crippen molar-refractivity contribution in [3.8, 4) is 11.3 Å². The van der Waals surface area contributed by atoms with Gasteiger partial charge in [-0.2, -0.15) is 5.10 Å². The van der Waals surface area contributed by atoms with Crippen LogP contribution in [0.3, 0.4) is 0 Å². The highest BCUT2D eigenvalue weighted by Gasteiger charge is 2.36. The molecular formula is C19H18N4O. The van der Waals surface area contributed by atoms with E-state index in [4.69, 9.17) is 0 Å². The van der Waals surface area contributed by atoms with Crippen LogP contribution < -0.4 is 10.6 Å². The molecule has 5 heteroatoms. The summed E-state index contributed by atoms with van der Waals surface area (Å²) in [6.07, 6.45) is 2.04. The van der Waals surface area contributed by atoms with Gasteiger partial charge in [-0.1, -0.05) is 36.4 Å². The second-order valence-corrected chi connectivity index (χ2v) is 6.16. The molecule has 3 aromatic rings. The Hall–Kier alpha value is -3.08. The molecule has 0 saturated carbocycles. The molecule has 2 aromatic carbocycles. The van der Waals surface area contributed by atoms with Crippen molar-refractivity contribution in [2.45, 2.75) is 19.0 Å². The Morgan fingerprint density at radius 1 is 1.12 bits per heavy atom. The van der Waals surface area contributed by atoms with Crippen molar-refractivity contribution in [1.82, 2.24) is 9.78 Å². The largest absolute Gasteiger partial charge is 0.360 e. The molecule has 0 radical (unpaired) electrons. The van der Waals surface area contributed by atoms with Gasteiger partial charge in [-0.3, -0.25) is 4.79 Å². The number of hydrogen-bond acceptors (Lipinski definition) is 3. The first-order chi connectivity index (χ1) is 11.7. The lowest BCUT2D eigenvalue weighted by molar-refractivity contribution is -0.117. The Balaban J connectivity index is 1.63. The SMILES string of the molecule is CC1(CC(=O)Nc2ccccc2)Nc2ccccc2-c2ccnn21. The Morgan fingerprint density at radius 2 is 1.88 bits per heavy atom. The molecular weight excluding hydrogens is 300 g/mol. The van der Waals surface area contributed by atoms with Crippen molar-refractivity contribution in [2.24, 2.45) is 0 Å². The van der Waals surface area contributed by atoms with Gasteiger partial charge in [-0.05, 0) is 31.2 Å². The van der Waals surface area contributed by atoms with E-state index in [-0.39, 0.29) is 12.3 Å². The molecule has 1 aromatic heterocycles. The molecule has 120 valence electrons. The molecule has 0 aliphatic carbocycles. The molecule has 0 spiro atoms. The fourth-order valence-corrected chi connectivity index (χ4v) is 3.22. The second-order valence-electron chi connectivity index (χ2n) is 6.16. The van der Waals surface area contributed by atoms with E-state index in [2.05, 4.69) is 21.8 Å². The summed E-state index contributed by atoms with van der Waals surface area (Å²) in [6, 6.07) is 19.5. The molecule has 0 saturated heterocycles. The molecule has 0 fully saturated rings. The van der Waals surface area contributed by atoms with E-state index in [0.717, 1.165) is 22.6 Å². The van der Waals surface area contributed by atoms with Crippen LogP contribution in [-0.2, 0) is 10.5 Å². The number of hydrogen-bond donors (Lipinski definition) is 2. The summed E-state index contributed by atoms with van der Waals surface area (Å²) < 4.78 is 1.89. The number of amides is 1. The lowest BCUT2D eigenvalue weighted by atomic mass is 9.99. The molecule has 0 bridgehead atoms. The van der Waals surface area contributed by atoms with Crippen LogP contribution in [0.2, 0.25) is 0 Å². The van der Waals surface area contributed by atoms with Gasteiger partial charge in [-0.25, -0.2) is 4.68 Å². The molecule has 2 heterocycles. The monoisotopic (exact) mass is 318 g/mol. The predicted molar refractivity (Wildman–Crippen MR) is 94.6 cm³/mol. The molecule has 1 unspecified atom stereocenters. The molecule has 1 atom stereocenters. The number of para-hydroxylation sites is 2. The van der Waals surface area contributed by atoms with Crippen LogP contribution in [0.4, 0.5) is 11.4 Å². The molecule has 4 rings (SSSR count). The maximum atomic E-state index is 12.5. The standard InChI is InChI=1S/C19H18N4O/c1-19(13-18(24)21-14-7-3-2-4-8-14)22-16-10-6-5-9-15(16)17-11-12-20-23(17)19/h2-12,22H,13H2,1H3,(H,21,24). The van der Waals surface area contributed by atoms with E-state index in [1.54, 1.807) is 6.20 Å². The lowest BCUT2D eigenvalue weighted by Crippen LogP contribution is -2.45. The highest BCUT2D eigenvalue weighted by molar-refractivity contribution is 5.92. The van der Waals surface area contributed by atoms with E-state index in [0.29, 0.717) is 0 Å². The van der Waals surface area contributed by atoms with Gasteiger partial charge in [0.2, 0.25) is 5.91 Å². The van der Waals surface area contributed by atoms with E-state index in [1.807, 2.05) is 66.2 Å². The van der Waals surface area contributed by atoms with Gasteiger partial charge in [0.15, 0.2) is 0 Å². The molecule has 24 heavy (non-hydrogen) atoms. The summed E-state index contributed by atoms with van der Waals surface area (Å²) in [5.41, 5.74) is 3.30. The molecule has 1 aliphatic heterocycles. The molecule has 5 nitrogen and oxygen atoms in total. The minimum atomic E-state index is -0.619. The average molecular weight is 318 g/mol. The summed E-state index contributed by atoms with van der Waals surface area (Å²) in [5.74, 6) is -0.0583. The number of carbonyl (C=O) groups excluding carboxylic acids is 1. The normalized spacial score (nSPS) is 18.2. The Kier molecular flexibility index (Phi) is 3.34. The Morgan fingerprint density at radius 3 is 2.71 bits per heavy atom. The fourth-order valence-electron chi connectivity index (χ4n) is 3.22. The van der Waals surface area contributed by atoms with Crippen LogP contribution in [0.1, 0.15) is 13.3 Å². The minimum absolute atomic E-state index is 0.0583. The summed E-state index contributed by atoms with van der Waals surface area (Å²) in [6.45, 7) is 1.99. The third kappa shape index (κ3) is 2.44. The first kappa shape index (κ1) is 14.5. The number of carbonyl (C=O) groups is 1. The maximum Gasteiger partial charge on any atom is 0.228 e. The highest BCUT2D eigenvalue weighted by atomic mass is 16.1. The predicted octanol–water partition coefficient (Wildman–Crippen LogP) is 3.68. The van der Waals surface area contributed by atoms with Crippen LogP contribution in [-0.4, -0.2) is 15.7 Å². The van der Waals surface area contributed by atoms with E-state index >= 15 is 0 Å². The van der Waals surface area contributed by atoms with Gasteiger partial charge in [0.1, 0.15) is 5.66 Å². The van der Waals surface area contributed by atoms with E-state index in [1.165, 1.54) is 0 Å². The van der Waals surface area contributed by atoms with Crippen molar-refractivity contribution in [3.63, 3.8) is 0 Å². The minimum Gasteiger partial charge on any atom is -0.360 e. The quantitative estimate of drug-likeness (QED) is 0.774. The smallest absolute Gasteiger partial charge is 0.228 e. The summed E-state index contributed by atoms with van der Waals surface area (Å²) in [5, 5.41) is 10.9. The van der Waals surface area contributed by atoms with Crippen molar-refractivity contribution >= 4 is 17.3 Å². The maximum absolute atomic E-state index is 12.5. The van der Waals surface area contributed by atoms with E-state index in [9.17, 15) is 4.79 Å². The Labute approximate surface area is 140 Å². The van der Waals surface area contributed by atoms with Gasteiger partial charge in [0.25, 0.3) is 0 Å². The van der Waals surface area contributed by atoms with Crippen LogP contribution in [0.5, 0.6) is 0 Å². The van der Waals surface area contributed by atoms with Crippen LogP contribution in [0.15, 0.2) is 66.9 Å². The number of nitrogens with one attached hydrogen (secondary N) is 2. The molecule has 1 aliphatic rings. The van der Waals surface area contributed by atoms with Gasteiger partial charge < -0.3 is 10.6 Å². The van der Waals surface area contributed by atoms with Crippen molar-refractivity contribution in [3.05, 3.63) is 66.9 Å². The fraction of sp³-hybridized carbons (Fsp3) is 0.158. The first-order valence-electron chi connectivity index (χ1n) is 7.93. The Bertz CT molecular complexity index is 887. The van der Waals surface area contributed by atoms with E-state index < -0.39 is 5.66 Å². The highest BCUT2D eigenvalue weighted by Crippen LogP contribution is 2.39. The van der Waals surface area contributed by atoms with Crippen molar-refractivity contribution in [1.29, 1.82) is 0 Å². The van der Waals surface area contributed by atoms with Gasteiger partial charge in [-0.15, -0.1) is 0 Å². The topological polar surface area (TPSA) is 59.0 Å². The number of fused-ring (bicyclic) bond motifs is 3. The zero-order valence-electron chi connectivity index (χ0n) is 13.4. The number of rotatable bonds is 3. The van der Waals surface area contributed by atoms with Gasteiger partial charge in [0, 0.05) is 23.1 Å². The summed E-state index contributed by atoms with van der Waals surface area (Å²) in [7, 11) is 0. The first-order valence-corrected chi connectivity index (χ1v) is 7.93. The number of anilines is 2. The van der Waals surface area contributed by atoms with Gasteiger partial charge in [0.05, 0.1) is 12.1 Å². The van der Waals surface area contributed by atoms with Crippen molar-refractivity contribution < 1.29 is 4.79 Å². The number of aromatic nitrogens is 2. The lowest BCUT2D eigenvalue weighted by Gasteiger charge is -2.37. The van der Waals surface area contributed by atoms with Crippen LogP contribution in [0, 0.1) is 0 Å². The average Bonchev–Trinajstić information content (AvgIpc) is 3.07. The summed E-state index contributed by atoms with van der Waals surface area (Å²) >= 11 is 0. The molecule has 2 N–H and O–H groups in total. The number of nitrogens with zero attached hydrogens (tertiary/aromatic N) is 2. The number of benzene rings is 2.